The van der Waals surface area contributed by atoms with Crippen LogP contribution in [-0.4, -0.2) is 51.5 Å². The molecule has 9 heteroatoms. The van der Waals surface area contributed by atoms with E-state index in [1.165, 1.54) is 16.7 Å². The van der Waals surface area contributed by atoms with E-state index in [1.807, 2.05) is 18.2 Å². The Morgan fingerprint density at radius 3 is 2.52 bits per heavy atom. The topological polar surface area (TPSA) is 77.1 Å². The van der Waals surface area contributed by atoms with E-state index in [0.29, 0.717) is 58.2 Å². The number of anilines is 1. The van der Waals surface area contributed by atoms with Gasteiger partial charge in [0.2, 0.25) is 5.91 Å². The van der Waals surface area contributed by atoms with Gasteiger partial charge in [-0.3, -0.25) is 14.5 Å². The second-order valence-corrected chi connectivity index (χ2v) is 8.78. The predicted octanol–water partition coefficient (Wildman–Crippen LogP) is 4.04. The molecule has 2 amide bonds. The predicted molar refractivity (Wildman–Crippen MR) is 131 cm³/mol. The first kappa shape index (κ1) is 24.8. The van der Waals surface area contributed by atoms with Crippen LogP contribution in [0.1, 0.15) is 12.5 Å². The molecule has 2 aromatic carbocycles. The minimum Gasteiger partial charge on any atom is -0.496 e. The maximum atomic E-state index is 13.3. The molecule has 0 aromatic heterocycles. The van der Waals surface area contributed by atoms with Crippen molar-refractivity contribution in [2.75, 3.05) is 44.6 Å². The fourth-order valence-corrected chi connectivity index (χ4v) is 4.32. The van der Waals surface area contributed by atoms with Gasteiger partial charge in [0.05, 0.1) is 20.8 Å². The average Bonchev–Trinajstić information content (AvgIpc) is 2.83. The molecule has 0 fully saturated rings. The van der Waals surface area contributed by atoms with Crippen LogP contribution in [-0.2, 0) is 20.7 Å². The maximum absolute atomic E-state index is 13.3. The molecule has 0 saturated heterocycles. The van der Waals surface area contributed by atoms with Crippen molar-refractivity contribution in [3.63, 3.8) is 0 Å². The highest BCUT2D eigenvalue weighted by atomic mass is 35.5. The summed E-state index contributed by atoms with van der Waals surface area (Å²) >= 11 is 7.45. The summed E-state index contributed by atoms with van der Waals surface area (Å²) in [6.07, 6.45) is 0.606. The molecule has 0 aliphatic carbocycles. The lowest BCUT2D eigenvalue weighted by atomic mass is 10.1. The van der Waals surface area contributed by atoms with Crippen molar-refractivity contribution >= 4 is 40.9 Å². The van der Waals surface area contributed by atoms with Gasteiger partial charge in [0.1, 0.15) is 17.2 Å². The molecular formula is C24H27ClN2O5S. The molecule has 1 aliphatic heterocycles. The van der Waals surface area contributed by atoms with Crippen LogP contribution < -0.4 is 19.7 Å². The zero-order chi connectivity index (χ0) is 23.8. The van der Waals surface area contributed by atoms with Gasteiger partial charge < -0.3 is 19.5 Å². The van der Waals surface area contributed by atoms with Gasteiger partial charge in [0.25, 0.3) is 5.91 Å². The van der Waals surface area contributed by atoms with Crippen molar-refractivity contribution < 1.29 is 23.8 Å². The van der Waals surface area contributed by atoms with Gasteiger partial charge in [-0.05, 0) is 55.3 Å². The molecule has 3 rings (SSSR count). The van der Waals surface area contributed by atoms with Gasteiger partial charge in [0.15, 0.2) is 11.5 Å². The molecule has 176 valence electrons. The Kier molecular flexibility index (Phi) is 8.91. The largest absolute Gasteiger partial charge is 0.496 e. The number of carbonyl (C=O) groups is 2. The highest BCUT2D eigenvalue weighted by Gasteiger charge is 2.27. The molecular weight excluding hydrogens is 464 g/mol. The number of ether oxygens (including phenoxy) is 3. The highest BCUT2D eigenvalue weighted by Crippen LogP contribution is 2.30. The van der Waals surface area contributed by atoms with E-state index in [0.717, 1.165) is 5.56 Å². The van der Waals surface area contributed by atoms with Crippen LogP contribution in [0.2, 0.25) is 5.02 Å². The Morgan fingerprint density at radius 2 is 1.85 bits per heavy atom. The lowest BCUT2D eigenvalue weighted by Gasteiger charge is -2.26. The molecule has 0 radical (unpaired) electrons. The fourth-order valence-electron chi connectivity index (χ4n) is 3.32. The molecule has 1 N–H and O–H groups in total. The van der Waals surface area contributed by atoms with Gasteiger partial charge in [0, 0.05) is 23.0 Å². The number of allylic oxidation sites excluding steroid dienone is 1. The van der Waals surface area contributed by atoms with Crippen LogP contribution in [0.4, 0.5) is 5.69 Å². The van der Waals surface area contributed by atoms with E-state index in [-0.39, 0.29) is 18.4 Å². The zero-order valence-corrected chi connectivity index (χ0v) is 20.4. The molecule has 33 heavy (non-hydrogen) atoms. The number of thioether (sulfide) groups is 1. The van der Waals surface area contributed by atoms with Crippen LogP contribution in [0.3, 0.4) is 0 Å². The SMILES string of the molecule is COc1ccc(CCNC(=O)CN(C(=O)C2=C(C)OCCS2)c2ccc(Cl)cc2)cc1OC. The van der Waals surface area contributed by atoms with Crippen LogP contribution in [0, 0.1) is 0 Å². The summed E-state index contributed by atoms with van der Waals surface area (Å²) in [5, 5.41) is 3.44. The molecule has 0 saturated carbocycles. The first-order valence-electron chi connectivity index (χ1n) is 10.4. The zero-order valence-electron chi connectivity index (χ0n) is 18.9. The number of hydrogen-bond donors (Lipinski definition) is 1. The van der Waals surface area contributed by atoms with Gasteiger partial charge in [-0.15, -0.1) is 11.8 Å². The summed E-state index contributed by atoms with van der Waals surface area (Å²) in [7, 11) is 3.17. The number of benzene rings is 2. The number of methoxy groups -OCH3 is 2. The number of rotatable bonds is 9. The number of carbonyl (C=O) groups excluding carboxylic acids is 2. The molecule has 1 aliphatic rings. The van der Waals surface area contributed by atoms with Crippen molar-refractivity contribution in [3.8, 4) is 11.5 Å². The van der Waals surface area contributed by atoms with Crippen LogP contribution in [0.15, 0.2) is 53.1 Å². The third-order valence-electron chi connectivity index (χ3n) is 5.03. The normalized spacial score (nSPS) is 13.2. The summed E-state index contributed by atoms with van der Waals surface area (Å²) in [6, 6.07) is 12.5. The van der Waals surface area contributed by atoms with Crippen molar-refractivity contribution in [3.05, 3.63) is 63.7 Å². The van der Waals surface area contributed by atoms with Crippen molar-refractivity contribution in [1.29, 1.82) is 0 Å². The molecule has 0 spiro atoms. The number of halogens is 1. The molecule has 7 nitrogen and oxygen atoms in total. The summed E-state index contributed by atoms with van der Waals surface area (Å²) in [5.41, 5.74) is 1.58. The van der Waals surface area contributed by atoms with E-state index in [1.54, 1.807) is 45.4 Å². The van der Waals surface area contributed by atoms with E-state index in [2.05, 4.69) is 5.32 Å². The van der Waals surface area contributed by atoms with Crippen LogP contribution in [0.5, 0.6) is 11.5 Å². The van der Waals surface area contributed by atoms with Gasteiger partial charge >= 0.3 is 0 Å². The summed E-state index contributed by atoms with van der Waals surface area (Å²) in [6.45, 7) is 2.62. The highest BCUT2D eigenvalue weighted by molar-refractivity contribution is 8.04. The van der Waals surface area contributed by atoms with E-state index < -0.39 is 0 Å². The lowest BCUT2D eigenvalue weighted by molar-refractivity contribution is -0.122. The number of nitrogens with one attached hydrogen (secondary N) is 1. The van der Waals surface area contributed by atoms with Gasteiger partial charge in [-0.25, -0.2) is 0 Å². The Bertz CT molecular complexity index is 1030. The first-order chi connectivity index (χ1) is 15.9. The standard InChI is InChI=1S/C24H27ClN2O5S/c1-16-23(33-13-12-32-16)24(29)27(19-7-5-18(25)6-8-19)15-22(28)26-11-10-17-4-9-20(30-2)21(14-17)31-3/h4-9,14H,10-13,15H2,1-3H3,(H,26,28). The van der Waals surface area contributed by atoms with Crippen molar-refractivity contribution in [2.24, 2.45) is 0 Å². The van der Waals surface area contributed by atoms with Gasteiger partial charge in [-0.1, -0.05) is 17.7 Å². The van der Waals surface area contributed by atoms with Crippen molar-refractivity contribution in [2.45, 2.75) is 13.3 Å². The van der Waals surface area contributed by atoms with E-state index >= 15 is 0 Å². The Hall–Kier alpha value is -2.84. The first-order valence-corrected chi connectivity index (χ1v) is 11.8. The van der Waals surface area contributed by atoms with E-state index in [4.69, 9.17) is 25.8 Å². The summed E-state index contributed by atoms with van der Waals surface area (Å²) < 4.78 is 16.1. The molecule has 1 heterocycles. The minimum absolute atomic E-state index is 0.121. The number of nitrogens with zero attached hydrogens (tertiary/aromatic N) is 1. The second-order valence-electron chi connectivity index (χ2n) is 7.24. The van der Waals surface area contributed by atoms with E-state index in [9.17, 15) is 9.59 Å². The smallest absolute Gasteiger partial charge is 0.268 e. The molecule has 0 unspecified atom stereocenters. The minimum atomic E-state index is -0.269. The summed E-state index contributed by atoms with van der Waals surface area (Å²) in [5.74, 6) is 2.01. The number of amides is 2. The Balaban J connectivity index is 1.67. The van der Waals surface area contributed by atoms with Crippen LogP contribution in [0.25, 0.3) is 0 Å². The van der Waals surface area contributed by atoms with Crippen molar-refractivity contribution in [1.82, 2.24) is 5.32 Å². The molecule has 2 aromatic rings. The fraction of sp³-hybridized carbons (Fsp3) is 0.333. The molecule has 0 bridgehead atoms. The Morgan fingerprint density at radius 1 is 1.12 bits per heavy atom. The number of hydrogen-bond acceptors (Lipinski definition) is 6. The van der Waals surface area contributed by atoms with Crippen LogP contribution >= 0.6 is 23.4 Å². The monoisotopic (exact) mass is 490 g/mol. The maximum Gasteiger partial charge on any atom is 0.268 e. The average molecular weight is 491 g/mol. The third kappa shape index (κ3) is 6.58. The molecule has 0 atom stereocenters. The second kappa shape index (κ2) is 11.9. The van der Waals surface area contributed by atoms with Gasteiger partial charge in [-0.2, -0.15) is 0 Å². The quantitative estimate of drug-likeness (QED) is 0.571. The third-order valence-corrected chi connectivity index (χ3v) is 6.40. The lowest BCUT2D eigenvalue weighted by Crippen LogP contribution is -2.42. The summed E-state index contributed by atoms with van der Waals surface area (Å²) in [4.78, 5) is 28.0. The Labute approximate surface area is 203 Å².